The summed E-state index contributed by atoms with van der Waals surface area (Å²) >= 11 is 5.05. The summed E-state index contributed by atoms with van der Waals surface area (Å²) in [4.78, 5) is 16.7. The lowest BCUT2D eigenvalue weighted by Gasteiger charge is -2.04. The molecule has 1 aromatic carbocycles. The van der Waals surface area contributed by atoms with Crippen LogP contribution in [0.5, 0.6) is 0 Å². The Balaban J connectivity index is 2.11. The maximum absolute atomic E-state index is 11.3. The van der Waals surface area contributed by atoms with E-state index >= 15 is 0 Å². The molecule has 0 radical (unpaired) electrons. The average molecular weight is 337 g/mol. The number of hydrogen-bond acceptors (Lipinski definition) is 3. The second-order valence-corrected chi connectivity index (χ2v) is 6.60. The van der Waals surface area contributed by atoms with E-state index in [1.54, 1.807) is 29.8 Å². The van der Waals surface area contributed by atoms with Crippen molar-refractivity contribution in [3.63, 3.8) is 0 Å². The Morgan fingerprint density at radius 1 is 1.37 bits per heavy atom. The summed E-state index contributed by atoms with van der Waals surface area (Å²) in [7, 11) is 0. The van der Waals surface area contributed by atoms with Crippen LogP contribution in [0.15, 0.2) is 40.4 Å². The number of imidazole rings is 1. The summed E-state index contributed by atoms with van der Waals surface area (Å²) in [5.41, 5.74) is 1.65. The van der Waals surface area contributed by atoms with E-state index in [0.717, 1.165) is 8.66 Å². The van der Waals surface area contributed by atoms with Gasteiger partial charge in [0.05, 0.1) is 33.3 Å². The van der Waals surface area contributed by atoms with Gasteiger partial charge in [0.25, 0.3) is 0 Å². The Morgan fingerprint density at radius 2 is 2.21 bits per heavy atom. The number of aromatic nitrogens is 2. The van der Waals surface area contributed by atoms with E-state index in [9.17, 15) is 9.90 Å². The summed E-state index contributed by atoms with van der Waals surface area (Å²) in [6, 6.07) is 9.14. The molecule has 0 aliphatic carbocycles. The quantitative estimate of drug-likeness (QED) is 0.794. The van der Waals surface area contributed by atoms with E-state index in [4.69, 9.17) is 0 Å². The van der Waals surface area contributed by atoms with Crippen molar-refractivity contribution < 1.29 is 9.90 Å². The van der Waals surface area contributed by atoms with E-state index < -0.39 is 5.97 Å². The molecule has 0 spiro atoms. The van der Waals surface area contributed by atoms with Gasteiger partial charge >= 0.3 is 5.97 Å². The minimum absolute atomic E-state index is 0.283. The molecule has 19 heavy (non-hydrogen) atoms. The van der Waals surface area contributed by atoms with E-state index in [2.05, 4.69) is 20.9 Å². The first kappa shape index (κ1) is 12.4. The molecule has 0 saturated carbocycles. The van der Waals surface area contributed by atoms with Crippen molar-refractivity contribution in [2.45, 2.75) is 6.54 Å². The van der Waals surface area contributed by atoms with Crippen LogP contribution in [0.4, 0.5) is 0 Å². The zero-order valence-corrected chi connectivity index (χ0v) is 12.1. The largest absolute Gasteiger partial charge is 0.478 e. The molecule has 0 atom stereocenters. The topological polar surface area (TPSA) is 55.1 Å². The summed E-state index contributed by atoms with van der Waals surface area (Å²) in [5.74, 6) is -0.931. The standard InChI is InChI=1S/C13H9BrN2O2S/c14-11-5-4-8(19-11)6-16-7-15-10-3-1-2-9(12(10)16)13(17)18/h1-5,7H,6H2,(H,17,18). The van der Waals surface area contributed by atoms with Gasteiger partial charge < -0.3 is 9.67 Å². The van der Waals surface area contributed by atoms with Crippen molar-refractivity contribution in [2.75, 3.05) is 0 Å². The Morgan fingerprint density at radius 3 is 2.89 bits per heavy atom. The molecule has 6 heteroatoms. The van der Waals surface area contributed by atoms with Crippen molar-refractivity contribution in [1.29, 1.82) is 0 Å². The van der Waals surface area contributed by atoms with E-state index in [1.165, 1.54) is 0 Å². The first-order valence-corrected chi connectivity index (χ1v) is 7.17. The van der Waals surface area contributed by atoms with Gasteiger partial charge in [-0.3, -0.25) is 0 Å². The first-order chi connectivity index (χ1) is 9.15. The van der Waals surface area contributed by atoms with E-state index in [0.29, 0.717) is 17.6 Å². The summed E-state index contributed by atoms with van der Waals surface area (Å²) in [5, 5.41) is 9.25. The van der Waals surface area contributed by atoms with Crippen molar-refractivity contribution >= 4 is 44.3 Å². The Kier molecular flexibility index (Phi) is 3.12. The molecule has 2 heterocycles. The summed E-state index contributed by atoms with van der Waals surface area (Å²) in [6.07, 6.45) is 1.69. The number of para-hydroxylation sites is 1. The summed E-state index contributed by atoms with van der Waals surface area (Å²) in [6.45, 7) is 0.622. The smallest absolute Gasteiger partial charge is 0.337 e. The van der Waals surface area contributed by atoms with Gasteiger partial charge in [-0.2, -0.15) is 0 Å². The van der Waals surface area contributed by atoms with Gasteiger partial charge in [-0.15, -0.1) is 11.3 Å². The number of nitrogens with zero attached hydrogens (tertiary/aromatic N) is 2. The first-order valence-electron chi connectivity index (χ1n) is 5.56. The van der Waals surface area contributed by atoms with Crippen LogP contribution in [0.25, 0.3) is 11.0 Å². The molecule has 1 N–H and O–H groups in total. The van der Waals surface area contributed by atoms with Gasteiger partial charge in [0.1, 0.15) is 0 Å². The average Bonchev–Trinajstić information content (AvgIpc) is 2.97. The molecule has 0 unspecified atom stereocenters. The maximum atomic E-state index is 11.3. The van der Waals surface area contributed by atoms with E-state index in [1.807, 2.05) is 22.8 Å². The fourth-order valence-corrected chi connectivity index (χ4v) is 3.51. The predicted octanol–water partition coefficient (Wildman–Crippen LogP) is 3.61. The lowest BCUT2D eigenvalue weighted by atomic mass is 10.2. The molecule has 4 nitrogen and oxygen atoms in total. The van der Waals surface area contributed by atoms with Crippen molar-refractivity contribution in [2.24, 2.45) is 0 Å². The van der Waals surface area contributed by atoms with Gasteiger partial charge in [-0.05, 0) is 40.2 Å². The molecule has 0 amide bonds. The highest BCUT2D eigenvalue weighted by Gasteiger charge is 2.13. The van der Waals surface area contributed by atoms with Crippen molar-refractivity contribution in [3.8, 4) is 0 Å². The highest BCUT2D eigenvalue weighted by Crippen LogP contribution is 2.25. The van der Waals surface area contributed by atoms with Crippen LogP contribution in [-0.2, 0) is 6.54 Å². The number of halogens is 1. The van der Waals surface area contributed by atoms with Crippen LogP contribution in [0, 0.1) is 0 Å². The van der Waals surface area contributed by atoms with Crippen LogP contribution in [-0.4, -0.2) is 20.6 Å². The number of carbonyl (C=O) groups is 1. The fourth-order valence-electron chi connectivity index (χ4n) is 2.02. The fraction of sp³-hybridized carbons (Fsp3) is 0.0769. The van der Waals surface area contributed by atoms with Gasteiger partial charge in [-0.1, -0.05) is 6.07 Å². The zero-order valence-electron chi connectivity index (χ0n) is 9.71. The van der Waals surface area contributed by atoms with Crippen LogP contribution in [0.1, 0.15) is 15.2 Å². The van der Waals surface area contributed by atoms with Crippen LogP contribution >= 0.6 is 27.3 Å². The molecular weight excluding hydrogens is 328 g/mol. The number of thiophene rings is 1. The van der Waals surface area contributed by atoms with Crippen LogP contribution < -0.4 is 0 Å². The molecule has 96 valence electrons. The molecule has 0 aliphatic heterocycles. The minimum atomic E-state index is -0.931. The Labute approximate surface area is 121 Å². The number of benzene rings is 1. The van der Waals surface area contributed by atoms with Crippen LogP contribution in [0.3, 0.4) is 0 Å². The highest BCUT2D eigenvalue weighted by molar-refractivity contribution is 9.11. The zero-order chi connectivity index (χ0) is 13.4. The third-order valence-electron chi connectivity index (χ3n) is 2.82. The third kappa shape index (κ3) is 2.29. The maximum Gasteiger partial charge on any atom is 0.337 e. The number of carboxylic acids is 1. The highest BCUT2D eigenvalue weighted by atomic mass is 79.9. The monoisotopic (exact) mass is 336 g/mol. The number of rotatable bonds is 3. The van der Waals surface area contributed by atoms with Gasteiger partial charge in [0.15, 0.2) is 0 Å². The number of carboxylic acid groups (broad SMARTS) is 1. The molecule has 0 saturated heterocycles. The normalized spacial score (nSPS) is 11.0. The molecule has 0 fully saturated rings. The molecular formula is C13H9BrN2O2S. The van der Waals surface area contributed by atoms with Crippen molar-refractivity contribution in [3.05, 3.63) is 50.9 Å². The lowest BCUT2D eigenvalue weighted by molar-refractivity contribution is 0.0698. The number of hydrogen-bond donors (Lipinski definition) is 1. The predicted molar refractivity (Wildman–Crippen MR) is 77.8 cm³/mol. The Hall–Kier alpha value is -1.66. The Bertz CT molecular complexity index is 763. The van der Waals surface area contributed by atoms with Crippen molar-refractivity contribution in [1.82, 2.24) is 9.55 Å². The molecule has 2 aromatic heterocycles. The molecule has 3 rings (SSSR count). The lowest BCUT2D eigenvalue weighted by Crippen LogP contribution is -2.03. The molecule has 0 aliphatic rings. The van der Waals surface area contributed by atoms with Crippen LogP contribution in [0.2, 0.25) is 0 Å². The van der Waals surface area contributed by atoms with Gasteiger partial charge in [0.2, 0.25) is 0 Å². The SMILES string of the molecule is O=C(O)c1cccc2ncn(Cc3ccc(Br)s3)c12. The second kappa shape index (κ2) is 4.79. The minimum Gasteiger partial charge on any atom is -0.478 e. The number of aromatic carboxylic acids is 1. The summed E-state index contributed by atoms with van der Waals surface area (Å²) < 4.78 is 2.93. The number of fused-ring (bicyclic) bond motifs is 1. The van der Waals surface area contributed by atoms with E-state index in [-0.39, 0.29) is 5.56 Å². The third-order valence-corrected chi connectivity index (χ3v) is 4.43. The molecule has 0 bridgehead atoms. The molecule has 3 aromatic rings. The second-order valence-electron chi connectivity index (χ2n) is 4.06. The van der Waals surface area contributed by atoms with Gasteiger partial charge in [0, 0.05) is 4.88 Å². The van der Waals surface area contributed by atoms with Gasteiger partial charge in [-0.25, -0.2) is 9.78 Å².